The third-order valence-corrected chi connectivity index (χ3v) is 1.84. The maximum atomic E-state index is 11.0. The number of hydrogen-bond acceptors (Lipinski definition) is 2. The molecule has 0 N–H and O–H groups in total. The quantitative estimate of drug-likeness (QED) is 0.539. The van der Waals surface area contributed by atoms with E-state index in [1.165, 1.54) is 0 Å². The van der Waals surface area contributed by atoms with Gasteiger partial charge in [0, 0.05) is 5.56 Å². The average Bonchev–Trinajstić information content (AvgIpc) is 2.19. The topological polar surface area (TPSA) is 26.3 Å². The summed E-state index contributed by atoms with van der Waals surface area (Å²) in [5, 5.41) is 0. The number of carbonyl (C=O) groups is 1. The fraction of sp³-hybridized carbons (Fsp3) is 0.250. The molecule has 1 aromatic rings. The third kappa shape index (κ3) is 3.05. The van der Waals surface area contributed by atoms with Crippen LogP contribution in [0.15, 0.2) is 36.4 Å². The highest BCUT2D eigenvalue weighted by molar-refractivity contribution is 5.94. The van der Waals surface area contributed by atoms with Crippen molar-refractivity contribution in [3.05, 3.63) is 42.0 Å². The molecule has 1 aromatic carbocycles. The van der Waals surface area contributed by atoms with E-state index in [0.29, 0.717) is 12.2 Å². The molecule has 0 atom stereocenters. The van der Waals surface area contributed by atoms with Gasteiger partial charge in [0.1, 0.15) is 12.4 Å². The molecule has 0 heterocycles. The Labute approximate surface area is 84.2 Å². The molecule has 0 aromatic heterocycles. The van der Waals surface area contributed by atoms with E-state index in [9.17, 15) is 4.79 Å². The lowest BCUT2D eigenvalue weighted by Gasteiger charge is -2.03. The van der Waals surface area contributed by atoms with Crippen molar-refractivity contribution < 1.29 is 9.53 Å². The van der Waals surface area contributed by atoms with Gasteiger partial charge in [-0.05, 0) is 38.1 Å². The largest absolute Gasteiger partial charge is 0.490 e. The summed E-state index contributed by atoms with van der Waals surface area (Å²) in [4.78, 5) is 11.0. The first-order valence-electron chi connectivity index (χ1n) is 4.59. The lowest BCUT2D eigenvalue weighted by molar-refractivity contribution is 0.101. The Kier molecular flexibility index (Phi) is 3.92. The second-order valence-corrected chi connectivity index (χ2v) is 2.96. The van der Waals surface area contributed by atoms with Crippen LogP contribution in [-0.4, -0.2) is 12.4 Å². The summed E-state index contributed by atoms with van der Waals surface area (Å²) in [6.07, 6.45) is 3.86. The van der Waals surface area contributed by atoms with E-state index >= 15 is 0 Å². The van der Waals surface area contributed by atoms with Gasteiger partial charge < -0.3 is 4.74 Å². The first kappa shape index (κ1) is 10.5. The van der Waals surface area contributed by atoms with Gasteiger partial charge in [-0.25, -0.2) is 0 Å². The first-order valence-corrected chi connectivity index (χ1v) is 4.59. The number of hydrogen-bond donors (Lipinski definition) is 0. The smallest absolute Gasteiger partial charge is 0.159 e. The fourth-order valence-corrected chi connectivity index (χ4v) is 1.03. The van der Waals surface area contributed by atoms with Crippen molar-refractivity contribution in [1.82, 2.24) is 0 Å². The Hall–Kier alpha value is -1.57. The highest BCUT2D eigenvalue weighted by atomic mass is 16.5. The molecule has 0 spiro atoms. The molecular formula is C12H14O2. The zero-order valence-electron chi connectivity index (χ0n) is 8.49. The normalized spacial score (nSPS) is 10.4. The van der Waals surface area contributed by atoms with Gasteiger partial charge in [0.25, 0.3) is 0 Å². The highest BCUT2D eigenvalue weighted by Gasteiger charge is 1.98. The molecule has 0 unspecified atom stereocenters. The minimum atomic E-state index is 0.0741. The summed E-state index contributed by atoms with van der Waals surface area (Å²) in [7, 11) is 0. The number of ether oxygens (including phenoxy) is 1. The number of benzene rings is 1. The van der Waals surface area contributed by atoms with Crippen LogP contribution in [0.3, 0.4) is 0 Å². The first-order chi connectivity index (χ1) is 6.74. The molecule has 0 amide bonds. The van der Waals surface area contributed by atoms with Crippen LogP contribution in [0.25, 0.3) is 0 Å². The van der Waals surface area contributed by atoms with Crippen molar-refractivity contribution in [2.75, 3.05) is 6.61 Å². The second kappa shape index (κ2) is 5.22. The van der Waals surface area contributed by atoms with Crippen LogP contribution in [0.5, 0.6) is 5.75 Å². The van der Waals surface area contributed by atoms with Crippen LogP contribution < -0.4 is 4.74 Å². The Balaban J connectivity index is 2.59. The minimum absolute atomic E-state index is 0.0741. The van der Waals surface area contributed by atoms with Gasteiger partial charge in [-0.15, -0.1) is 0 Å². The van der Waals surface area contributed by atoms with E-state index in [2.05, 4.69) is 0 Å². The van der Waals surface area contributed by atoms with E-state index in [-0.39, 0.29) is 5.78 Å². The summed E-state index contributed by atoms with van der Waals surface area (Å²) in [6.45, 7) is 4.06. The molecule has 2 heteroatoms. The van der Waals surface area contributed by atoms with Gasteiger partial charge in [0.05, 0.1) is 0 Å². The fourth-order valence-electron chi connectivity index (χ4n) is 1.03. The number of Topliss-reactive ketones (excluding diaryl/α,β-unsaturated/α-hetero) is 1. The van der Waals surface area contributed by atoms with Gasteiger partial charge in [-0.3, -0.25) is 4.79 Å². The van der Waals surface area contributed by atoms with Gasteiger partial charge in [0.2, 0.25) is 0 Å². The van der Waals surface area contributed by atoms with Crippen LogP contribution in [0.2, 0.25) is 0 Å². The predicted octanol–water partition coefficient (Wildman–Crippen LogP) is 2.84. The molecule has 0 bridgehead atoms. The van der Waals surface area contributed by atoms with Gasteiger partial charge in [0.15, 0.2) is 5.78 Å². The number of rotatable bonds is 4. The zero-order valence-corrected chi connectivity index (χ0v) is 8.49. The Bertz CT molecular complexity index is 323. The zero-order chi connectivity index (χ0) is 10.4. The molecule has 14 heavy (non-hydrogen) atoms. The molecule has 0 aliphatic carbocycles. The maximum Gasteiger partial charge on any atom is 0.159 e. The lowest BCUT2D eigenvalue weighted by atomic mass is 10.1. The van der Waals surface area contributed by atoms with Crippen molar-refractivity contribution in [2.45, 2.75) is 13.8 Å². The molecule has 0 aliphatic rings. The molecule has 2 nitrogen and oxygen atoms in total. The van der Waals surface area contributed by atoms with Gasteiger partial charge in [-0.2, -0.15) is 0 Å². The van der Waals surface area contributed by atoms with Crippen molar-refractivity contribution in [3.63, 3.8) is 0 Å². The van der Waals surface area contributed by atoms with Crippen LogP contribution in [-0.2, 0) is 0 Å². The van der Waals surface area contributed by atoms with Crippen LogP contribution in [0.1, 0.15) is 24.2 Å². The molecule has 1 rings (SSSR count). The molecule has 0 saturated carbocycles. The number of allylic oxidation sites excluding steroid dienone is 1. The number of ketones is 1. The Morgan fingerprint density at radius 2 is 2.00 bits per heavy atom. The number of carbonyl (C=O) groups excluding carboxylic acids is 1. The van der Waals surface area contributed by atoms with E-state index in [0.717, 1.165) is 5.75 Å². The van der Waals surface area contributed by atoms with E-state index in [4.69, 9.17) is 4.74 Å². The predicted molar refractivity (Wildman–Crippen MR) is 56.8 cm³/mol. The monoisotopic (exact) mass is 190 g/mol. The standard InChI is InChI=1S/C12H14O2/c1-3-4-9-14-12-7-5-11(6-8-12)10(2)13/h3-8H,9H2,1-2H3/b4-3+. The molecule has 0 fully saturated rings. The Morgan fingerprint density at radius 3 is 2.50 bits per heavy atom. The third-order valence-electron chi connectivity index (χ3n) is 1.84. The highest BCUT2D eigenvalue weighted by Crippen LogP contribution is 2.12. The van der Waals surface area contributed by atoms with Crippen molar-refractivity contribution in [3.8, 4) is 5.75 Å². The van der Waals surface area contributed by atoms with Gasteiger partial charge in [-0.1, -0.05) is 12.2 Å². The summed E-state index contributed by atoms with van der Waals surface area (Å²) in [6, 6.07) is 7.15. The Morgan fingerprint density at radius 1 is 1.36 bits per heavy atom. The molecular weight excluding hydrogens is 176 g/mol. The minimum Gasteiger partial charge on any atom is -0.490 e. The summed E-state index contributed by atoms with van der Waals surface area (Å²) in [5.41, 5.74) is 0.711. The molecule has 74 valence electrons. The van der Waals surface area contributed by atoms with Crippen LogP contribution in [0, 0.1) is 0 Å². The summed E-state index contributed by atoms with van der Waals surface area (Å²) < 4.78 is 5.38. The van der Waals surface area contributed by atoms with Crippen molar-refractivity contribution in [2.24, 2.45) is 0 Å². The summed E-state index contributed by atoms with van der Waals surface area (Å²) >= 11 is 0. The SMILES string of the molecule is C/C=C/COc1ccc(C(C)=O)cc1. The van der Waals surface area contributed by atoms with E-state index < -0.39 is 0 Å². The van der Waals surface area contributed by atoms with Crippen molar-refractivity contribution in [1.29, 1.82) is 0 Å². The second-order valence-electron chi connectivity index (χ2n) is 2.96. The van der Waals surface area contributed by atoms with Gasteiger partial charge >= 0.3 is 0 Å². The van der Waals surface area contributed by atoms with Crippen LogP contribution in [0.4, 0.5) is 0 Å². The average molecular weight is 190 g/mol. The molecule has 0 aliphatic heterocycles. The van der Waals surface area contributed by atoms with E-state index in [1.54, 1.807) is 31.2 Å². The van der Waals surface area contributed by atoms with Crippen molar-refractivity contribution >= 4 is 5.78 Å². The molecule has 0 saturated heterocycles. The maximum absolute atomic E-state index is 11.0. The molecule has 0 radical (unpaired) electrons. The van der Waals surface area contributed by atoms with Crippen LogP contribution >= 0.6 is 0 Å². The summed E-state index contributed by atoms with van der Waals surface area (Å²) in [5.74, 6) is 0.859. The van der Waals surface area contributed by atoms with E-state index in [1.807, 2.05) is 19.1 Å². The lowest BCUT2D eigenvalue weighted by Crippen LogP contribution is -1.95.